The van der Waals surface area contributed by atoms with Crippen LogP contribution in [0.1, 0.15) is 23.7 Å². The number of benzene rings is 2. The van der Waals surface area contributed by atoms with Crippen LogP contribution in [-0.2, 0) is 16.1 Å². The quantitative estimate of drug-likeness (QED) is 0.254. The molecule has 3 aromatic rings. The largest absolute Gasteiger partial charge is 0.497 e. The molecule has 0 unspecified atom stereocenters. The van der Waals surface area contributed by atoms with Gasteiger partial charge in [0, 0.05) is 17.8 Å². The third-order valence-electron chi connectivity index (χ3n) is 4.53. The fourth-order valence-corrected chi connectivity index (χ4v) is 3.72. The molecule has 0 fully saturated rings. The molecule has 0 radical (unpaired) electrons. The Labute approximate surface area is 197 Å². The van der Waals surface area contributed by atoms with E-state index in [0.717, 1.165) is 17.7 Å². The maximum absolute atomic E-state index is 12.5. The van der Waals surface area contributed by atoms with Crippen LogP contribution in [0.3, 0.4) is 0 Å². The summed E-state index contributed by atoms with van der Waals surface area (Å²) in [5, 5.41) is 12.0. The molecule has 0 spiro atoms. The van der Waals surface area contributed by atoms with Crippen LogP contribution in [-0.4, -0.2) is 46.1 Å². The van der Waals surface area contributed by atoms with Crippen LogP contribution in [0.25, 0.3) is 11.4 Å². The number of nitrogens with zero attached hydrogens (tertiary/aromatic N) is 3. The molecule has 0 saturated heterocycles. The number of nitrogens with one attached hydrogen (secondary N) is 1. The van der Waals surface area contributed by atoms with Gasteiger partial charge in [-0.1, -0.05) is 30.8 Å². The number of thioether (sulfide) groups is 1. The van der Waals surface area contributed by atoms with Gasteiger partial charge in [0.05, 0.1) is 25.0 Å². The highest BCUT2D eigenvalue weighted by atomic mass is 32.2. The van der Waals surface area contributed by atoms with Gasteiger partial charge < -0.3 is 14.8 Å². The zero-order valence-corrected chi connectivity index (χ0v) is 19.4. The Balaban J connectivity index is 1.66. The monoisotopic (exact) mass is 466 g/mol. The lowest BCUT2D eigenvalue weighted by molar-refractivity contribution is -0.113. The Hall–Kier alpha value is -3.59. The van der Waals surface area contributed by atoms with Crippen molar-refractivity contribution < 1.29 is 19.1 Å². The minimum atomic E-state index is -0.411. The summed E-state index contributed by atoms with van der Waals surface area (Å²) in [6.07, 6.45) is 2.50. The Kier molecular flexibility index (Phi) is 8.65. The van der Waals surface area contributed by atoms with Crippen LogP contribution in [0.2, 0.25) is 0 Å². The van der Waals surface area contributed by atoms with E-state index in [2.05, 4.69) is 22.1 Å². The van der Waals surface area contributed by atoms with Gasteiger partial charge in [0.15, 0.2) is 11.0 Å². The second kappa shape index (κ2) is 11.9. The second-order valence-electron chi connectivity index (χ2n) is 6.99. The van der Waals surface area contributed by atoms with E-state index in [4.69, 9.17) is 9.47 Å². The van der Waals surface area contributed by atoms with Crippen molar-refractivity contribution in [2.24, 2.45) is 0 Å². The number of esters is 1. The van der Waals surface area contributed by atoms with E-state index in [0.29, 0.717) is 35.4 Å². The summed E-state index contributed by atoms with van der Waals surface area (Å²) in [6.45, 7) is 6.59. The van der Waals surface area contributed by atoms with Crippen LogP contribution in [0.15, 0.2) is 66.3 Å². The number of hydrogen-bond donors (Lipinski definition) is 1. The van der Waals surface area contributed by atoms with E-state index < -0.39 is 5.97 Å². The number of hydrogen-bond acceptors (Lipinski definition) is 7. The lowest BCUT2D eigenvalue weighted by Crippen LogP contribution is -2.15. The number of ether oxygens (including phenoxy) is 2. The molecule has 1 aromatic heterocycles. The van der Waals surface area contributed by atoms with E-state index in [9.17, 15) is 9.59 Å². The predicted molar refractivity (Wildman–Crippen MR) is 129 cm³/mol. The first-order chi connectivity index (χ1) is 16.0. The van der Waals surface area contributed by atoms with Crippen molar-refractivity contribution in [2.75, 3.05) is 24.8 Å². The molecule has 8 nitrogen and oxygen atoms in total. The average Bonchev–Trinajstić information content (AvgIpc) is 3.24. The third kappa shape index (κ3) is 6.45. The van der Waals surface area contributed by atoms with Crippen molar-refractivity contribution in [1.29, 1.82) is 0 Å². The van der Waals surface area contributed by atoms with E-state index in [-0.39, 0.29) is 11.7 Å². The molecule has 0 aliphatic heterocycles. The summed E-state index contributed by atoms with van der Waals surface area (Å²) >= 11 is 1.27. The molecule has 172 valence electrons. The van der Waals surface area contributed by atoms with Gasteiger partial charge in [0.25, 0.3) is 0 Å². The van der Waals surface area contributed by atoms with Crippen molar-refractivity contribution in [1.82, 2.24) is 14.8 Å². The molecule has 9 heteroatoms. The van der Waals surface area contributed by atoms with E-state index in [1.165, 1.54) is 11.8 Å². The fourth-order valence-electron chi connectivity index (χ4n) is 2.97. The maximum atomic E-state index is 12.5. The number of allylic oxidation sites excluding steroid dienone is 1. The number of carbonyl (C=O) groups is 2. The molecular weight excluding hydrogens is 440 g/mol. The first-order valence-corrected chi connectivity index (χ1v) is 11.4. The summed E-state index contributed by atoms with van der Waals surface area (Å²) in [6, 6.07) is 14.2. The van der Waals surface area contributed by atoms with Gasteiger partial charge in [0.1, 0.15) is 5.75 Å². The first-order valence-electron chi connectivity index (χ1n) is 10.4. The topological polar surface area (TPSA) is 95.3 Å². The smallest absolute Gasteiger partial charge is 0.338 e. The van der Waals surface area contributed by atoms with Gasteiger partial charge in [-0.05, 0) is 48.9 Å². The number of aromatic nitrogens is 3. The molecule has 1 N–H and O–H groups in total. The minimum Gasteiger partial charge on any atom is -0.497 e. The van der Waals surface area contributed by atoms with Crippen LogP contribution in [0.5, 0.6) is 5.75 Å². The lowest BCUT2D eigenvalue weighted by atomic mass is 10.2. The highest BCUT2D eigenvalue weighted by molar-refractivity contribution is 7.99. The SMILES string of the molecule is C=CCn1c(SCC(=O)Nc2cccc(C(=O)OCCC)c2)nnc1-c1ccc(OC)cc1. The standard InChI is InChI=1S/C24H26N4O4S/c1-4-13-28-22(17-9-11-20(31-3)12-10-17)26-27-24(28)33-16-21(29)25-19-8-6-7-18(15-19)23(30)32-14-5-2/h4,6-12,15H,1,5,13-14,16H2,2-3H3,(H,25,29). The Bertz CT molecular complexity index is 1110. The molecule has 1 amide bonds. The molecule has 0 saturated carbocycles. The number of rotatable bonds is 11. The summed E-state index contributed by atoms with van der Waals surface area (Å²) in [4.78, 5) is 24.6. The highest BCUT2D eigenvalue weighted by Gasteiger charge is 2.16. The fraction of sp³-hybridized carbons (Fsp3) is 0.250. The molecule has 3 rings (SSSR count). The summed E-state index contributed by atoms with van der Waals surface area (Å²) in [7, 11) is 1.61. The van der Waals surface area contributed by atoms with Crippen LogP contribution in [0.4, 0.5) is 5.69 Å². The van der Waals surface area contributed by atoms with Gasteiger partial charge in [0.2, 0.25) is 5.91 Å². The van der Waals surface area contributed by atoms with Gasteiger partial charge >= 0.3 is 5.97 Å². The maximum Gasteiger partial charge on any atom is 0.338 e. The van der Waals surface area contributed by atoms with Gasteiger partial charge in [-0.2, -0.15) is 0 Å². The van der Waals surface area contributed by atoms with Crippen molar-refractivity contribution >= 4 is 29.3 Å². The van der Waals surface area contributed by atoms with Crippen molar-refractivity contribution in [3.05, 3.63) is 66.7 Å². The molecule has 33 heavy (non-hydrogen) atoms. The number of amides is 1. The van der Waals surface area contributed by atoms with E-state index >= 15 is 0 Å². The molecule has 0 atom stereocenters. The van der Waals surface area contributed by atoms with Gasteiger partial charge in [-0.15, -0.1) is 16.8 Å². The lowest BCUT2D eigenvalue weighted by Gasteiger charge is -2.09. The summed E-state index contributed by atoms with van der Waals surface area (Å²) in [5.41, 5.74) is 1.80. The second-order valence-corrected chi connectivity index (χ2v) is 7.93. The zero-order chi connectivity index (χ0) is 23.6. The summed E-state index contributed by atoms with van der Waals surface area (Å²) < 4.78 is 12.2. The Morgan fingerprint density at radius 1 is 1.18 bits per heavy atom. The van der Waals surface area contributed by atoms with Crippen molar-refractivity contribution in [3.8, 4) is 17.1 Å². The number of carbonyl (C=O) groups excluding carboxylic acids is 2. The summed E-state index contributed by atoms with van der Waals surface area (Å²) in [5.74, 6) is 0.924. The van der Waals surface area contributed by atoms with E-state index in [1.807, 2.05) is 35.8 Å². The molecule has 0 aliphatic rings. The molecule has 0 aliphatic carbocycles. The number of anilines is 1. The van der Waals surface area contributed by atoms with Crippen LogP contribution < -0.4 is 10.1 Å². The Morgan fingerprint density at radius 3 is 2.67 bits per heavy atom. The van der Waals surface area contributed by atoms with Crippen LogP contribution >= 0.6 is 11.8 Å². The Morgan fingerprint density at radius 2 is 1.97 bits per heavy atom. The first kappa shape index (κ1) is 24.1. The number of methoxy groups -OCH3 is 1. The predicted octanol–water partition coefficient (Wildman–Crippen LogP) is 4.44. The van der Waals surface area contributed by atoms with Gasteiger partial charge in [-0.3, -0.25) is 9.36 Å². The molecular formula is C24H26N4O4S. The average molecular weight is 467 g/mol. The minimum absolute atomic E-state index is 0.127. The van der Waals surface area contributed by atoms with Crippen LogP contribution in [0, 0.1) is 0 Å². The van der Waals surface area contributed by atoms with E-state index in [1.54, 1.807) is 37.5 Å². The highest BCUT2D eigenvalue weighted by Crippen LogP contribution is 2.26. The molecule has 0 bridgehead atoms. The van der Waals surface area contributed by atoms with Gasteiger partial charge in [-0.25, -0.2) is 4.79 Å². The third-order valence-corrected chi connectivity index (χ3v) is 5.50. The molecule has 2 aromatic carbocycles. The van der Waals surface area contributed by atoms with Crippen molar-refractivity contribution in [2.45, 2.75) is 25.0 Å². The van der Waals surface area contributed by atoms with Crippen molar-refractivity contribution in [3.63, 3.8) is 0 Å². The normalized spacial score (nSPS) is 10.5. The zero-order valence-electron chi connectivity index (χ0n) is 18.6. The molecule has 1 heterocycles.